The highest BCUT2D eigenvalue weighted by Crippen LogP contribution is 2.30. The van der Waals surface area contributed by atoms with Crippen LogP contribution in [0.2, 0.25) is 0 Å². The lowest BCUT2D eigenvalue weighted by atomic mass is 10.0. The third kappa shape index (κ3) is 3.04. The molecule has 4 rings (SSSR count). The number of aromatic nitrogens is 2. The molecule has 2 N–H and O–H groups in total. The normalized spacial score (nSPS) is 16.7. The molecule has 6 heteroatoms. The zero-order valence-corrected chi connectivity index (χ0v) is 14.7. The van der Waals surface area contributed by atoms with Crippen LogP contribution in [0, 0.1) is 6.92 Å². The summed E-state index contributed by atoms with van der Waals surface area (Å²) in [6, 6.07) is 11.3. The number of fused-ring (bicyclic) bond motifs is 1. The van der Waals surface area contributed by atoms with Crippen LogP contribution in [-0.4, -0.2) is 52.1 Å². The van der Waals surface area contributed by atoms with E-state index in [4.69, 9.17) is 0 Å². The highest BCUT2D eigenvalue weighted by atomic mass is 16.4. The summed E-state index contributed by atoms with van der Waals surface area (Å²) < 4.78 is 0. The zero-order valence-electron chi connectivity index (χ0n) is 14.7. The number of pyridine rings is 1. The smallest absolute Gasteiger partial charge is 0.325 e. The monoisotopic (exact) mass is 350 g/mol. The van der Waals surface area contributed by atoms with Gasteiger partial charge < -0.3 is 15.0 Å². The fourth-order valence-electron chi connectivity index (χ4n) is 3.72. The summed E-state index contributed by atoms with van der Waals surface area (Å²) >= 11 is 0. The zero-order chi connectivity index (χ0) is 18.1. The molecule has 0 unspecified atom stereocenters. The minimum atomic E-state index is -0.807. The van der Waals surface area contributed by atoms with Crippen LogP contribution in [0.5, 0.6) is 0 Å². The van der Waals surface area contributed by atoms with Crippen LogP contribution in [0.25, 0.3) is 10.9 Å². The fourth-order valence-corrected chi connectivity index (χ4v) is 3.72. The van der Waals surface area contributed by atoms with Crippen LogP contribution < -0.4 is 4.90 Å². The Balaban J connectivity index is 1.58. The summed E-state index contributed by atoms with van der Waals surface area (Å²) in [7, 11) is 0. The van der Waals surface area contributed by atoms with Crippen molar-refractivity contribution in [1.82, 2.24) is 14.9 Å². The number of hydrogen-bond acceptors (Lipinski definition) is 4. The molecule has 0 bridgehead atoms. The van der Waals surface area contributed by atoms with E-state index in [0.29, 0.717) is 13.1 Å². The van der Waals surface area contributed by atoms with Crippen LogP contribution >= 0.6 is 0 Å². The van der Waals surface area contributed by atoms with Crippen LogP contribution in [0.1, 0.15) is 17.2 Å². The van der Waals surface area contributed by atoms with E-state index < -0.39 is 12.0 Å². The van der Waals surface area contributed by atoms with Gasteiger partial charge in [0.15, 0.2) is 0 Å². The number of rotatable bonds is 4. The topological polar surface area (TPSA) is 72.5 Å². The van der Waals surface area contributed by atoms with Gasteiger partial charge in [0, 0.05) is 55.0 Å². The Bertz CT molecular complexity index is 914. The van der Waals surface area contributed by atoms with Crippen molar-refractivity contribution >= 4 is 22.7 Å². The van der Waals surface area contributed by atoms with Crippen molar-refractivity contribution in [3.05, 3.63) is 59.9 Å². The third-order valence-corrected chi connectivity index (χ3v) is 5.05. The number of hydrogen-bond donors (Lipinski definition) is 2. The Morgan fingerprint density at radius 2 is 2.00 bits per heavy atom. The predicted octanol–water partition coefficient (Wildman–Crippen LogP) is 2.82. The van der Waals surface area contributed by atoms with E-state index in [-0.39, 0.29) is 0 Å². The summed E-state index contributed by atoms with van der Waals surface area (Å²) in [6.07, 6.45) is 3.63. The maximum absolute atomic E-state index is 12.1. The molecule has 1 fully saturated rings. The molecule has 3 heterocycles. The summed E-state index contributed by atoms with van der Waals surface area (Å²) in [5.74, 6) is 0.139. The molecule has 134 valence electrons. The molecule has 0 saturated carbocycles. The number of H-pyrrole nitrogens is 1. The third-order valence-electron chi connectivity index (χ3n) is 5.05. The van der Waals surface area contributed by atoms with Gasteiger partial charge in [0.25, 0.3) is 0 Å². The van der Waals surface area contributed by atoms with Crippen molar-refractivity contribution in [2.75, 3.05) is 31.1 Å². The lowest BCUT2D eigenvalue weighted by molar-refractivity contribution is -0.143. The molecule has 1 aliphatic heterocycles. The summed E-state index contributed by atoms with van der Waals surface area (Å²) in [4.78, 5) is 24.0. The maximum Gasteiger partial charge on any atom is 0.325 e. The molecule has 2 aromatic heterocycles. The van der Waals surface area contributed by atoms with Gasteiger partial charge in [-0.2, -0.15) is 0 Å². The van der Waals surface area contributed by atoms with Gasteiger partial charge in [-0.05, 0) is 31.2 Å². The van der Waals surface area contributed by atoms with Crippen molar-refractivity contribution in [3.63, 3.8) is 0 Å². The average Bonchev–Trinajstić information content (AvgIpc) is 3.06. The van der Waals surface area contributed by atoms with Crippen LogP contribution in [0.15, 0.2) is 48.8 Å². The van der Waals surface area contributed by atoms with E-state index in [9.17, 15) is 9.90 Å². The summed E-state index contributed by atoms with van der Waals surface area (Å²) in [5, 5.41) is 10.9. The Morgan fingerprint density at radius 1 is 1.19 bits per heavy atom. The first-order chi connectivity index (χ1) is 12.6. The molecule has 0 spiro atoms. The molecule has 0 aliphatic carbocycles. The minimum Gasteiger partial charge on any atom is -0.480 e. The van der Waals surface area contributed by atoms with Gasteiger partial charge in [-0.1, -0.05) is 17.7 Å². The molecule has 26 heavy (non-hydrogen) atoms. The first-order valence-corrected chi connectivity index (χ1v) is 8.84. The SMILES string of the molecule is Cc1ccc2[nH]cc([C@H](C(=O)O)N3CCN(c4ccccn4)CC3)c2c1. The van der Waals surface area contributed by atoms with Crippen molar-refractivity contribution < 1.29 is 9.90 Å². The molecular formula is C20H22N4O2. The first-order valence-electron chi connectivity index (χ1n) is 8.84. The molecule has 3 aromatic rings. The summed E-state index contributed by atoms with van der Waals surface area (Å²) in [6.45, 7) is 4.93. The van der Waals surface area contributed by atoms with Gasteiger partial charge >= 0.3 is 5.97 Å². The van der Waals surface area contributed by atoms with Gasteiger partial charge in [-0.25, -0.2) is 4.98 Å². The number of anilines is 1. The van der Waals surface area contributed by atoms with Crippen molar-refractivity contribution in [3.8, 4) is 0 Å². The number of carboxylic acids is 1. The number of aliphatic carboxylic acids is 1. The van der Waals surface area contributed by atoms with Crippen molar-refractivity contribution in [1.29, 1.82) is 0 Å². The van der Waals surface area contributed by atoms with Crippen molar-refractivity contribution in [2.24, 2.45) is 0 Å². The standard InChI is InChI=1S/C20H22N4O2/c1-14-5-6-17-15(12-14)16(13-22-17)19(20(25)26)24-10-8-23(9-11-24)18-4-2-3-7-21-18/h2-7,12-13,19,22H,8-11H2,1H3,(H,25,26)/t19-/m1/s1. The van der Waals surface area contributed by atoms with E-state index in [1.165, 1.54) is 0 Å². The van der Waals surface area contributed by atoms with Gasteiger partial charge in [-0.3, -0.25) is 9.69 Å². The molecular weight excluding hydrogens is 328 g/mol. The first kappa shape index (κ1) is 16.6. The average molecular weight is 350 g/mol. The number of piperazine rings is 1. The molecule has 1 aliphatic rings. The van der Waals surface area contributed by atoms with E-state index >= 15 is 0 Å². The predicted molar refractivity (Wildman–Crippen MR) is 101 cm³/mol. The second kappa shape index (κ2) is 6.80. The lowest BCUT2D eigenvalue weighted by Gasteiger charge is -2.38. The molecule has 0 radical (unpaired) electrons. The molecule has 1 saturated heterocycles. The molecule has 1 aromatic carbocycles. The van der Waals surface area contributed by atoms with Gasteiger partial charge in [0.2, 0.25) is 0 Å². The van der Waals surface area contributed by atoms with Gasteiger partial charge in [0.05, 0.1) is 0 Å². The number of carboxylic acid groups (broad SMARTS) is 1. The highest BCUT2D eigenvalue weighted by Gasteiger charge is 2.32. The summed E-state index contributed by atoms with van der Waals surface area (Å²) in [5.41, 5.74) is 2.94. The maximum atomic E-state index is 12.1. The quantitative estimate of drug-likeness (QED) is 0.757. The van der Waals surface area contributed by atoms with Crippen molar-refractivity contribution in [2.45, 2.75) is 13.0 Å². The molecule has 0 amide bonds. The van der Waals surface area contributed by atoms with E-state index in [1.54, 1.807) is 6.20 Å². The number of nitrogens with one attached hydrogen (secondary N) is 1. The Morgan fingerprint density at radius 3 is 2.69 bits per heavy atom. The number of benzene rings is 1. The Kier molecular flexibility index (Phi) is 4.34. The van der Waals surface area contributed by atoms with E-state index in [0.717, 1.165) is 40.9 Å². The molecule has 6 nitrogen and oxygen atoms in total. The number of aryl methyl sites for hydroxylation is 1. The Labute approximate surface area is 152 Å². The van der Waals surface area contributed by atoms with Gasteiger partial charge in [-0.15, -0.1) is 0 Å². The van der Waals surface area contributed by atoms with Crippen LogP contribution in [-0.2, 0) is 4.79 Å². The fraction of sp³-hybridized carbons (Fsp3) is 0.300. The second-order valence-corrected chi connectivity index (χ2v) is 6.74. The van der Waals surface area contributed by atoms with E-state index in [1.807, 2.05) is 48.4 Å². The number of aromatic amines is 1. The molecule has 1 atom stereocenters. The highest BCUT2D eigenvalue weighted by molar-refractivity contribution is 5.89. The lowest BCUT2D eigenvalue weighted by Crippen LogP contribution is -2.49. The van der Waals surface area contributed by atoms with Crippen LogP contribution in [0.3, 0.4) is 0 Å². The second-order valence-electron chi connectivity index (χ2n) is 6.74. The number of carbonyl (C=O) groups is 1. The minimum absolute atomic E-state index is 0.642. The largest absolute Gasteiger partial charge is 0.480 e. The number of nitrogens with zero attached hydrogens (tertiary/aromatic N) is 3. The Hall–Kier alpha value is -2.86. The van der Waals surface area contributed by atoms with E-state index in [2.05, 4.69) is 20.9 Å². The van der Waals surface area contributed by atoms with Crippen LogP contribution in [0.4, 0.5) is 5.82 Å². The van der Waals surface area contributed by atoms with Gasteiger partial charge in [0.1, 0.15) is 11.9 Å².